The number of nitrogens with zero attached hydrogens (tertiary/aromatic N) is 3. The lowest BCUT2D eigenvalue weighted by atomic mass is 10.1. The molecule has 0 aliphatic carbocycles. The fraction of sp³-hybridized carbons (Fsp3) is 0.0769. The first kappa shape index (κ1) is 10.7. The zero-order chi connectivity index (χ0) is 12.5. The Hall–Kier alpha value is -2.40. The number of fused-ring (bicyclic) bond motifs is 1. The van der Waals surface area contributed by atoms with Gasteiger partial charge in [0.05, 0.1) is 17.6 Å². The van der Waals surface area contributed by atoms with Crippen LogP contribution in [0.3, 0.4) is 0 Å². The van der Waals surface area contributed by atoms with Gasteiger partial charge in [-0.3, -0.25) is 0 Å². The van der Waals surface area contributed by atoms with E-state index in [1.54, 1.807) is 23.0 Å². The molecule has 0 amide bonds. The summed E-state index contributed by atoms with van der Waals surface area (Å²) < 4.78 is 1.70. The van der Waals surface area contributed by atoms with E-state index in [2.05, 4.69) is 10.3 Å². The summed E-state index contributed by atoms with van der Waals surface area (Å²) in [5.41, 5.74) is 7.34. The molecular formula is C13H12N4O. The van der Waals surface area contributed by atoms with Crippen molar-refractivity contribution < 1.29 is 5.11 Å². The van der Waals surface area contributed by atoms with E-state index < -0.39 is 0 Å². The van der Waals surface area contributed by atoms with Crippen LogP contribution in [0.15, 0.2) is 42.6 Å². The summed E-state index contributed by atoms with van der Waals surface area (Å²) in [7, 11) is 0. The Balaban J connectivity index is 2.33. The summed E-state index contributed by atoms with van der Waals surface area (Å²) in [6.07, 6.45) is 1.64. The molecule has 0 fully saturated rings. The van der Waals surface area contributed by atoms with E-state index in [9.17, 15) is 5.11 Å². The zero-order valence-corrected chi connectivity index (χ0v) is 9.61. The smallest absolute Gasteiger partial charge is 0.123 e. The first-order valence-corrected chi connectivity index (χ1v) is 5.62. The van der Waals surface area contributed by atoms with Crippen molar-refractivity contribution in [3.63, 3.8) is 0 Å². The third kappa shape index (κ3) is 1.53. The first-order valence-electron chi connectivity index (χ1n) is 5.62. The fourth-order valence-electron chi connectivity index (χ4n) is 2.06. The summed E-state index contributed by atoms with van der Waals surface area (Å²) in [5, 5.41) is 19.5. The van der Waals surface area contributed by atoms with Gasteiger partial charge in [0.25, 0.3) is 0 Å². The van der Waals surface area contributed by atoms with Crippen LogP contribution >= 0.6 is 0 Å². The van der Waals surface area contributed by atoms with Crippen molar-refractivity contribution in [3.8, 4) is 11.4 Å². The lowest BCUT2D eigenvalue weighted by molar-refractivity contribution is 0.481. The number of hydrogen-bond donors (Lipinski definition) is 2. The molecule has 3 aromatic rings. The molecule has 0 atom stereocenters. The van der Waals surface area contributed by atoms with Gasteiger partial charge in [0, 0.05) is 17.3 Å². The van der Waals surface area contributed by atoms with E-state index in [0.29, 0.717) is 6.54 Å². The molecule has 0 saturated heterocycles. The zero-order valence-electron chi connectivity index (χ0n) is 9.61. The van der Waals surface area contributed by atoms with E-state index >= 15 is 0 Å². The minimum absolute atomic E-state index is 0.253. The van der Waals surface area contributed by atoms with Crippen molar-refractivity contribution in [2.45, 2.75) is 6.54 Å². The van der Waals surface area contributed by atoms with E-state index in [1.165, 1.54) is 0 Å². The molecule has 5 nitrogen and oxygen atoms in total. The Bertz CT molecular complexity index is 705. The van der Waals surface area contributed by atoms with Gasteiger partial charge in [-0.15, -0.1) is 5.10 Å². The quantitative estimate of drug-likeness (QED) is 0.713. The molecule has 1 heterocycles. The standard InChI is InChI=1S/C13H12N4O/c14-7-9-8-15-16-17(9)12-5-1-4-11-10(12)3-2-6-13(11)18/h1-6,8,18H,7,14H2. The maximum absolute atomic E-state index is 9.85. The highest BCUT2D eigenvalue weighted by molar-refractivity contribution is 5.94. The Labute approximate surface area is 103 Å². The highest BCUT2D eigenvalue weighted by atomic mass is 16.3. The molecule has 90 valence electrons. The van der Waals surface area contributed by atoms with Gasteiger partial charge in [-0.05, 0) is 12.1 Å². The predicted octanol–water partition coefficient (Wildman–Crippen LogP) is 1.58. The van der Waals surface area contributed by atoms with Crippen LogP contribution in [0.2, 0.25) is 0 Å². The molecule has 3 N–H and O–H groups in total. The molecule has 5 heteroatoms. The second-order valence-corrected chi connectivity index (χ2v) is 3.99. The number of hydrogen-bond acceptors (Lipinski definition) is 4. The van der Waals surface area contributed by atoms with Crippen LogP contribution < -0.4 is 5.73 Å². The monoisotopic (exact) mass is 240 g/mol. The number of phenolic OH excluding ortho intramolecular Hbond substituents is 1. The Morgan fingerprint density at radius 2 is 1.89 bits per heavy atom. The van der Waals surface area contributed by atoms with Crippen molar-refractivity contribution in [1.29, 1.82) is 0 Å². The van der Waals surface area contributed by atoms with Crippen LogP contribution in [0.5, 0.6) is 5.75 Å². The van der Waals surface area contributed by atoms with Gasteiger partial charge in [0.15, 0.2) is 0 Å². The van der Waals surface area contributed by atoms with Crippen LogP contribution in [0.4, 0.5) is 0 Å². The number of aromatic nitrogens is 3. The van der Waals surface area contributed by atoms with Gasteiger partial charge < -0.3 is 10.8 Å². The maximum Gasteiger partial charge on any atom is 0.123 e. The number of nitrogens with two attached hydrogens (primary N) is 1. The molecule has 0 spiro atoms. The van der Waals surface area contributed by atoms with Crippen LogP contribution in [0.1, 0.15) is 5.69 Å². The average Bonchev–Trinajstić information content (AvgIpc) is 2.87. The van der Waals surface area contributed by atoms with Crippen molar-refractivity contribution in [1.82, 2.24) is 15.0 Å². The lowest BCUT2D eigenvalue weighted by Gasteiger charge is -2.09. The average molecular weight is 240 g/mol. The molecule has 0 unspecified atom stereocenters. The van der Waals surface area contributed by atoms with Gasteiger partial charge in [0.1, 0.15) is 5.75 Å². The second-order valence-electron chi connectivity index (χ2n) is 3.99. The van der Waals surface area contributed by atoms with Crippen molar-refractivity contribution in [2.24, 2.45) is 5.73 Å². The van der Waals surface area contributed by atoms with Gasteiger partial charge in [-0.25, -0.2) is 4.68 Å². The normalized spacial score (nSPS) is 10.9. The number of aromatic hydroxyl groups is 1. The van der Waals surface area contributed by atoms with Crippen LogP contribution in [0.25, 0.3) is 16.5 Å². The highest BCUT2D eigenvalue weighted by Gasteiger charge is 2.09. The van der Waals surface area contributed by atoms with Gasteiger partial charge in [-0.2, -0.15) is 0 Å². The summed E-state index contributed by atoms with van der Waals surface area (Å²) in [6, 6.07) is 11.1. The van der Waals surface area contributed by atoms with Crippen molar-refractivity contribution in [3.05, 3.63) is 48.3 Å². The largest absolute Gasteiger partial charge is 0.507 e. The number of rotatable bonds is 2. The summed E-state index contributed by atoms with van der Waals surface area (Å²) in [4.78, 5) is 0. The molecule has 2 aromatic carbocycles. The van der Waals surface area contributed by atoms with Gasteiger partial charge in [0.2, 0.25) is 0 Å². The Morgan fingerprint density at radius 3 is 2.72 bits per heavy atom. The van der Waals surface area contributed by atoms with E-state index in [-0.39, 0.29) is 5.75 Å². The Kier molecular flexibility index (Phi) is 2.46. The fourth-order valence-corrected chi connectivity index (χ4v) is 2.06. The SMILES string of the molecule is NCc1cnnn1-c1cccc2c(O)cccc12. The minimum atomic E-state index is 0.253. The number of phenols is 1. The number of benzene rings is 2. The summed E-state index contributed by atoms with van der Waals surface area (Å²) >= 11 is 0. The molecular weight excluding hydrogens is 228 g/mol. The molecule has 0 radical (unpaired) electrons. The molecule has 1 aromatic heterocycles. The third-order valence-electron chi connectivity index (χ3n) is 2.93. The molecule has 0 aliphatic rings. The molecule has 0 bridgehead atoms. The third-order valence-corrected chi connectivity index (χ3v) is 2.93. The highest BCUT2D eigenvalue weighted by Crippen LogP contribution is 2.28. The Morgan fingerprint density at radius 1 is 1.11 bits per heavy atom. The van der Waals surface area contributed by atoms with Gasteiger partial charge >= 0.3 is 0 Å². The van der Waals surface area contributed by atoms with Crippen molar-refractivity contribution in [2.75, 3.05) is 0 Å². The van der Waals surface area contributed by atoms with E-state index in [1.807, 2.05) is 24.3 Å². The topological polar surface area (TPSA) is 77.0 Å². The predicted molar refractivity (Wildman–Crippen MR) is 68.4 cm³/mol. The van der Waals surface area contributed by atoms with E-state index in [4.69, 9.17) is 5.73 Å². The first-order chi connectivity index (χ1) is 8.81. The van der Waals surface area contributed by atoms with Gasteiger partial charge in [-0.1, -0.05) is 29.5 Å². The summed E-state index contributed by atoms with van der Waals surface area (Å²) in [5.74, 6) is 0.253. The molecule has 0 saturated carbocycles. The lowest BCUT2D eigenvalue weighted by Crippen LogP contribution is -2.07. The van der Waals surface area contributed by atoms with Crippen molar-refractivity contribution >= 4 is 10.8 Å². The molecule has 3 rings (SSSR count). The van der Waals surface area contributed by atoms with Crippen LogP contribution in [-0.4, -0.2) is 20.1 Å². The summed E-state index contributed by atoms with van der Waals surface area (Å²) in [6.45, 7) is 0.363. The minimum Gasteiger partial charge on any atom is -0.507 e. The van der Waals surface area contributed by atoms with Crippen LogP contribution in [0, 0.1) is 0 Å². The molecule has 0 aliphatic heterocycles. The maximum atomic E-state index is 9.85. The van der Waals surface area contributed by atoms with Crippen LogP contribution in [-0.2, 0) is 6.54 Å². The van der Waals surface area contributed by atoms with E-state index in [0.717, 1.165) is 22.2 Å². The second kappa shape index (κ2) is 4.12. The molecule has 18 heavy (non-hydrogen) atoms.